The van der Waals surface area contributed by atoms with E-state index in [-0.39, 0.29) is 18.0 Å². The minimum Gasteiger partial charge on any atom is -0.341 e. The van der Waals surface area contributed by atoms with Gasteiger partial charge in [0.2, 0.25) is 5.91 Å². The average Bonchev–Trinajstić information content (AvgIpc) is 3.14. The molecule has 1 N–H and O–H groups in total. The van der Waals surface area contributed by atoms with Gasteiger partial charge in [-0.1, -0.05) is 54.1 Å². The van der Waals surface area contributed by atoms with Gasteiger partial charge in [-0.15, -0.1) is 0 Å². The van der Waals surface area contributed by atoms with Crippen molar-refractivity contribution in [3.63, 3.8) is 0 Å². The fraction of sp³-hybridized carbons (Fsp3) is 0.350. The zero-order chi connectivity index (χ0) is 16.9. The summed E-state index contributed by atoms with van der Waals surface area (Å²) < 4.78 is 0. The molecule has 0 aromatic heterocycles. The summed E-state index contributed by atoms with van der Waals surface area (Å²) in [7, 11) is 0. The van der Waals surface area contributed by atoms with Crippen LogP contribution in [-0.4, -0.2) is 23.9 Å². The molecule has 1 aliphatic heterocycles. The predicted molar refractivity (Wildman–Crippen MR) is 98.0 cm³/mol. The number of hydrogen-bond donors (Lipinski definition) is 1. The maximum atomic E-state index is 13.0. The number of amides is 1. The number of nitrogens with zero attached hydrogens (tertiary/aromatic N) is 1. The average molecular weight is 343 g/mol. The molecule has 2 aromatic rings. The number of halogens is 1. The molecule has 2 aromatic carbocycles. The van der Waals surface area contributed by atoms with Gasteiger partial charge in [0.15, 0.2) is 0 Å². The maximum Gasteiger partial charge on any atom is 0.244 e. The highest BCUT2D eigenvalue weighted by Crippen LogP contribution is 2.24. The molecule has 0 radical (unpaired) electrons. The molecule has 0 bridgehead atoms. The first-order valence-electron chi connectivity index (χ1n) is 8.50. The van der Waals surface area contributed by atoms with Gasteiger partial charge in [-0.05, 0) is 43.0 Å². The lowest BCUT2D eigenvalue weighted by Crippen LogP contribution is -2.40. The monoisotopic (exact) mass is 342 g/mol. The summed E-state index contributed by atoms with van der Waals surface area (Å²) in [5.41, 5.74) is 2.08. The largest absolute Gasteiger partial charge is 0.341 e. The maximum absolute atomic E-state index is 13.0. The molecule has 4 heteroatoms. The molecule has 1 heterocycles. The Hall–Kier alpha value is -1.84. The van der Waals surface area contributed by atoms with E-state index in [2.05, 4.69) is 12.2 Å². The minimum absolute atomic E-state index is 0.0282. The van der Waals surface area contributed by atoms with Crippen molar-refractivity contribution in [2.24, 2.45) is 0 Å². The van der Waals surface area contributed by atoms with Crippen molar-refractivity contribution in [3.05, 3.63) is 70.7 Å². The summed E-state index contributed by atoms with van der Waals surface area (Å²) in [6.07, 6.45) is 2.19. The lowest BCUT2D eigenvalue weighted by atomic mass is 10.0. The van der Waals surface area contributed by atoms with E-state index >= 15 is 0 Å². The van der Waals surface area contributed by atoms with Crippen molar-refractivity contribution >= 4 is 17.5 Å². The van der Waals surface area contributed by atoms with Crippen molar-refractivity contribution in [1.29, 1.82) is 0 Å². The highest BCUT2D eigenvalue weighted by Gasteiger charge is 2.28. The highest BCUT2D eigenvalue weighted by molar-refractivity contribution is 6.30. The van der Waals surface area contributed by atoms with E-state index in [0.29, 0.717) is 5.02 Å². The van der Waals surface area contributed by atoms with Crippen LogP contribution >= 0.6 is 11.6 Å². The third-order valence-corrected chi connectivity index (χ3v) is 4.80. The van der Waals surface area contributed by atoms with Gasteiger partial charge in [0.05, 0.1) is 0 Å². The van der Waals surface area contributed by atoms with Crippen LogP contribution in [0.15, 0.2) is 54.6 Å². The van der Waals surface area contributed by atoms with Crippen LogP contribution in [0.1, 0.15) is 43.0 Å². The Morgan fingerprint density at radius 2 is 1.71 bits per heavy atom. The molecule has 0 aliphatic carbocycles. The zero-order valence-electron chi connectivity index (χ0n) is 13.9. The third kappa shape index (κ3) is 3.97. The lowest BCUT2D eigenvalue weighted by molar-refractivity contribution is -0.132. The summed E-state index contributed by atoms with van der Waals surface area (Å²) in [5.74, 6) is 0.160. The van der Waals surface area contributed by atoms with Gasteiger partial charge in [0.25, 0.3) is 0 Å². The van der Waals surface area contributed by atoms with Gasteiger partial charge in [0, 0.05) is 24.2 Å². The first-order valence-corrected chi connectivity index (χ1v) is 8.88. The van der Waals surface area contributed by atoms with E-state index in [1.54, 1.807) is 0 Å². The third-order valence-electron chi connectivity index (χ3n) is 4.56. The standard InChI is InChI=1S/C20H23ClN2O/c1-15(17-10-7-11-18(21)14-17)22-19(16-8-3-2-4-9-16)20(24)23-12-5-6-13-23/h2-4,7-11,14-15,19,22H,5-6,12-13H2,1H3/t15-,19-/m1/s1. The molecule has 1 amide bonds. The van der Waals surface area contributed by atoms with Crippen LogP contribution in [0.3, 0.4) is 0 Å². The number of benzene rings is 2. The van der Waals surface area contributed by atoms with Gasteiger partial charge in [0.1, 0.15) is 6.04 Å². The van der Waals surface area contributed by atoms with Gasteiger partial charge >= 0.3 is 0 Å². The second kappa shape index (κ2) is 7.82. The summed E-state index contributed by atoms with van der Waals surface area (Å²) in [5, 5.41) is 4.21. The fourth-order valence-corrected chi connectivity index (χ4v) is 3.40. The molecule has 1 saturated heterocycles. The molecule has 24 heavy (non-hydrogen) atoms. The second-order valence-electron chi connectivity index (χ2n) is 6.32. The molecule has 126 valence electrons. The number of carbonyl (C=O) groups excluding carboxylic acids is 1. The second-order valence-corrected chi connectivity index (χ2v) is 6.76. The number of carbonyl (C=O) groups is 1. The van der Waals surface area contributed by atoms with E-state index in [0.717, 1.165) is 37.1 Å². The topological polar surface area (TPSA) is 32.3 Å². The first-order chi connectivity index (χ1) is 11.6. The molecule has 1 aliphatic rings. The first kappa shape index (κ1) is 17.0. The van der Waals surface area contributed by atoms with Crippen LogP contribution in [0.25, 0.3) is 0 Å². The Balaban J connectivity index is 1.83. The van der Waals surface area contributed by atoms with Crippen LogP contribution in [0.5, 0.6) is 0 Å². The molecule has 2 atom stereocenters. The van der Waals surface area contributed by atoms with E-state index < -0.39 is 0 Å². The smallest absolute Gasteiger partial charge is 0.244 e. The molecule has 0 spiro atoms. The van der Waals surface area contributed by atoms with Crippen molar-refractivity contribution in [1.82, 2.24) is 10.2 Å². The number of nitrogens with one attached hydrogen (secondary N) is 1. The quantitative estimate of drug-likeness (QED) is 0.875. The molecule has 0 unspecified atom stereocenters. The van der Waals surface area contributed by atoms with E-state index in [9.17, 15) is 4.79 Å². The Morgan fingerprint density at radius 3 is 2.38 bits per heavy atom. The Morgan fingerprint density at radius 1 is 1.04 bits per heavy atom. The fourth-order valence-electron chi connectivity index (χ4n) is 3.20. The molecular formula is C20H23ClN2O. The minimum atomic E-state index is -0.335. The summed E-state index contributed by atoms with van der Waals surface area (Å²) >= 11 is 6.11. The molecule has 0 saturated carbocycles. The van der Waals surface area contributed by atoms with Crippen molar-refractivity contribution in [2.75, 3.05) is 13.1 Å². The summed E-state index contributed by atoms with van der Waals surface area (Å²) in [6.45, 7) is 3.78. The molecule has 3 rings (SSSR count). The van der Waals surface area contributed by atoms with Crippen molar-refractivity contribution in [3.8, 4) is 0 Å². The van der Waals surface area contributed by atoms with E-state index in [4.69, 9.17) is 11.6 Å². The van der Waals surface area contributed by atoms with Gasteiger partial charge < -0.3 is 4.90 Å². The van der Waals surface area contributed by atoms with Crippen LogP contribution in [0.4, 0.5) is 0 Å². The van der Waals surface area contributed by atoms with Gasteiger partial charge in [-0.25, -0.2) is 0 Å². The number of likely N-dealkylation sites (tertiary alicyclic amines) is 1. The number of rotatable bonds is 5. The number of hydrogen-bond acceptors (Lipinski definition) is 2. The predicted octanol–water partition coefficient (Wildman–Crippen LogP) is 4.35. The van der Waals surface area contributed by atoms with E-state index in [1.807, 2.05) is 59.5 Å². The Labute approximate surface area is 148 Å². The van der Waals surface area contributed by atoms with Crippen molar-refractivity contribution in [2.45, 2.75) is 31.8 Å². The van der Waals surface area contributed by atoms with Crippen LogP contribution in [0.2, 0.25) is 5.02 Å². The molecule has 3 nitrogen and oxygen atoms in total. The zero-order valence-corrected chi connectivity index (χ0v) is 14.7. The highest BCUT2D eigenvalue weighted by atomic mass is 35.5. The summed E-state index contributed by atoms with van der Waals surface area (Å²) in [4.78, 5) is 15.0. The van der Waals surface area contributed by atoms with Gasteiger partial charge in [-0.3, -0.25) is 10.1 Å². The molecular weight excluding hydrogens is 320 g/mol. The Bertz CT molecular complexity index is 683. The van der Waals surface area contributed by atoms with Crippen LogP contribution < -0.4 is 5.32 Å². The van der Waals surface area contributed by atoms with Crippen molar-refractivity contribution < 1.29 is 4.79 Å². The molecule has 1 fully saturated rings. The van der Waals surface area contributed by atoms with Gasteiger partial charge in [-0.2, -0.15) is 0 Å². The SMILES string of the molecule is C[C@@H](N[C@@H](C(=O)N1CCCC1)c1ccccc1)c1cccc(Cl)c1. The Kier molecular flexibility index (Phi) is 5.54. The summed E-state index contributed by atoms with van der Waals surface area (Å²) in [6, 6.07) is 17.4. The van der Waals surface area contributed by atoms with Crippen LogP contribution in [-0.2, 0) is 4.79 Å². The van der Waals surface area contributed by atoms with E-state index in [1.165, 1.54) is 0 Å². The van der Waals surface area contributed by atoms with Crippen LogP contribution in [0, 0.1) is 0 Å². The normalized spacial score (nSPS) is 16.8. The lowest BCUT2D eigenvalue weighted by Gasteiger charge is -2.27.